The average molecular weight is 333 g/mol. The van der Waals surface area contributed by atoms with Gasteiger partial charge in [0.15, 0.2) is 0 Å². The van der Waals surface area contributed by atoms with Crippen LogP contribution in [0.25, 0.3) is 0 Å². The molecule has 5 nitrogen and oxygen atoms in total. The second kappa shape index (κ2) is 5.35. The quantitative estimate of drug-likeness (QED) is 0.864. The Hall–Kier alpha value is -1.86. The van der Waals surface area contributed by atoms with Crippen LogP contribution in [0, 0.1) is 5.82 Å². The van der Waals surface area contributed by atoms with Crippen LogP contribution in [0.1, 0.15) is 35.7 Å². The van der Waals surface area contributed by atoms with Gasteiger partial charge in [-0.3, -0.25) is 0 Å². The first-order valence-corrected chi connectivity index (χ1v) is 9.20. The molecule has 4 rings (SSSR count). The van der Waals surface area contributed by atoms with Crippen LogP contribution in [0.2, 0.25) is 0 Å². The lowest BCUT2D eigenvalue weighted by Crippen LogP contribution is -2.42. The van der Waals surface area contributed by atoms with Crippen molar-refractivity contribution in [2.45, 2.75) is 37.1 Å². The number of rotatable bonds is 3. The monoisotopic (exact) mass is 333 g/mol. The van der Waals surface area contributed by atoms with Gasteiger partial charge in [0.1, 0.15) is 12.1 Å². The molecule has 0 radical (unpaired) electrons. The van der Waals surface area contributed by atoms with E-state index in [-0.39, 0.29) is 23.4 Å². The zero-order valence-corrected chi connectivity index (χ0v) is 13.2. The van der Waals surface area contributed by atoms with Gasteiger partial charge in [-0.25, -0.2) is 22.8 Å². The number of nitrogens with zero attached hydrogens (tertiary/aromatic N) is 3. The highest BCUT2D eigenvalue weighted by Crippen LogP contribution is 2.45. The Labute approximate surface area is 134 Å². The van der Waals surface area contributed by atoms with Gasteiger partial charge in [-0.15, -0.1) is 0 Å². The third-order valence-electron chi connectivity index (χ3n) is 4.67. The molecule has 2 aliphatic heterocycles. The van der Waals surface area contributed by atoms with Gasteiger partial charge in [0.25, 0.3) is 0 Å². The smallest absolute Gasteiger partial charge is 0.219 e. The van der Waals surface area contributed by atoms with E-state index < -0.39 is 15.8 Å². The van der Waals surface area contributed by atoms with Crippen molar-refractivity contribution in [2.75, 3.05) is 0 Å². The number of fused-ring (bicyclic) bond motifs is 4. The molecule has 0 spiro atoms. The molecule has 0 amide bonds. The Balaban J connectivity index is 1.70. The summed E-state index contributed by atoms with van der Waals surface area (Å²) in [6.45, 7) is 0. The van der Waals surface area contributed by atoms with Crippen molar-refractivity contribution in [3.05, 3.63) is 59.4 Å². The molecule has 2 unspecified atom stereocenters. The van der Waals surface area contributed by atoms with Crippen molar-refractivity contribution in [3.63, 3.8) is 0 Å². The molecule has 120 valence electrons. The maximum atomic E-state index is 13.8. The van der Waals surface area contributed by atoms with E-state index in [1.165, 1.54) is 18.5 Å². The van der Waals surface area contributed by atoms with Crippen LogP contribution >= 0.6 is 0 Å². The van der Waals surface area contributed by atoms with Crippen LogP contribution < -0.4 is 0 Å². The van der Waals surface area contributed by atoms with Crippen molar-refractivity contribution in [1.82, 2.24) is 14.3 Å². The number of hydrogen-bond donors (Lipinski definition) is 0. The number of aromatic nitrogens is 2. The molecular formula is C16H16FN3O2S. The lowest BCUT2D eigenvalue weighted by Gasteiger charge is -2.34. The van der Waals surface area contributed by atoms with E-state index in [2.05, 4.69) is 9.97 Å². The van der Waals surface area contributed by atoms with Gasteiger partial charge >= 0.3 is 0 Å². The molecule has 2 aliphatic rings. The van der Waals surface area contributed by atoms with Gasteiger partial charge in [0.05, 0.1) is 17.5 Å². The maximum absolute atomic E-state index is 13.8. The fourth-order valence-electron chi connectivity index (χ4n) is 3.69. The summed E-state index contributed by atoms with van der Waals surface area (Å²) >= 11 is 0. The molecule has 2 bridgehead atoms. The van der Waals surface area contributed by atoms with Crippen molar-refractivity contribution < 1.29 is 12.8 Å². The number of halogens is 1. The molecule has 2 aromatic rings. The lowest BCUT2D eigenvalue weighted by molar-refractivity contribution is 0.299. The third kappa shape index (κ3) is 2.44. The Morgan fingerprint density at radius 2 is 2.09 bits per heavy atom. The summed E-state index contributed by atoms with van der Waals surface area (Å²) in [5, 5.41) is 0. The minimum Gasteiger partial charge on any atom is -0.244 e. The van der Waals surface area contributed by atoms with E-state index in [0.29, 0.717) is 6.42 Å². The van der Waals surface area contributed by atoms with E-state index in [9.17, 15) is 12.8 Å². The van der Waals surface area contributed by atoms with E-state index in [4.69, 9.17) is 0 Å². The zero-order chi connectivity index (χ0) is 16.0. The minimum absolute atomic E-state index is 0.0841. The molecule has 23 heavy (non-hydrogen) atoms. The predicted molar refractivity (Wildman–Crippen MR) is 82.4 cm³/mol. The summed E-state index contributed by atoms with van der Waals surface area (Å²) in [4.78, 5) is 8.32. The summed E-state index contributed by atoms with van der Waals surface area (Å²) in [5.41, 5.74) is 2.03. The fraction of sp³-hybridized carbons (Fsp3) is 0.375. The van der Waals surface area contributed by atoms with Crippen molar-refractivity contribution in [2.24, 2.45) is 0 Å². The van der Waals surface area contributed by atoms with Gasteiger partial charge in [0.2, 0.25) is 10.0 Å². The molecular weight excluding hydrogens is 317 g/mol. The Kier molecular flexibility index (Phi) is 3.42. The highest BCUT2D eigenvalue weighted by Gasteiger charge is 2.46. The molecule has 1 aromatic carbocycles. The molecule has 1 fully saturated rings. The van der Waals surface area contributed by atoms with E-state index in [0.717, 1.165) is 24.1 Å². The summed E-state index contributed by atoms with van der Waals surface area (Å²) in [7, 11) is -3.60. The topological polar surface area (TPSA) is 63.2 Å². The highest BCUT2D eigenvalue weighted by molar-refractivity contribution is 7.88. The van der Waals surface area contributed by atoms with Crippen LogP contribution in [-0.2, 0) is 22.2 Å². The molecule has 0 saturated carbocycles. The van der Waals surface area contributed by atoms with Gasteiger partial charge < -0.3 is 0 Å². The van der Waals surface area contributed by atoms with Crippen molar-refractivity contribution in [1.29, 1.82) is 0 Å². The maximum Gasteiger partial charge on any atom is 0.219 e. The highest BCUT2D eigenvalue weighted by atomic mass is 32.2. The van der Waals surface area contributed by atoms with Crippen LogP contribution in [0.5, 0.6) is 0 Å². The summed E-state index contributed by atoms with van der Waals surface area (Å²) in [5.74, 6) is -0.792. The lowest BCUT2D eigenvalue weighted by atomic mass is 10.0. The average Bonchev–Trinajstić information content (AvgIpc) is 2.86. The molecule has 1 saturated heterocycles. The molecule has 1 aromatic heterocycles. The zero-order valence-electron chi connectivity index (χ0n) is 12.4. The molecule has 7 heteroatoms. The van der Waals surface area contributed by atoms with Crippen LogP contribution in [-0.4, -0.2) is 28.7 Å². The first-order chi connectivity index (χ1) is 11.1. The Morgan fingerprint density at radius 1 is 1.26 bits per heavy atom. The molecule has 2 atom stereocenters. The second-order valence-corrected chi connectivity index (χ2v) is 7.93. The number of sulfonamides is 1. The van der Waals surface area contributed by atoms with Crippen molar-refractivity contribution in [3.8, 4) is 0 Å². The largest absolute Gasteiger partial charge is 0.244 e. The van der Waals surface area contributed by atoms with Gasteiger partial charge in [0, 0.05) is 29.8 Å². The van der Waals surface area contributed by atoms with Crippen LogP contribution in [0.15, 0.2) is 36.8 Å². The third-order valence-corrected chi connectivity index (χ3v) is 6.54. The first-order valence-electron chi connectivity index (χ1n) is 7.59. The Bertz CT molecular complexity index is 856. The number of hydrogen-bond acceptors (Lipinski definition) is 4. The Morgan fingerprint density at radius 3 is 2.91 bits per heavy atom. The fourth-order valence-corrected chi connectivity index (χ4v) is 5.71. The first kappa shape index (κ1) is 14.7. The second-order valence-electron chi connectivity index (χ2n) is 6.05. The van der Waals surface area contributed by atoms with E-state index >= 15 is 0 Å². The standard InChI is InChI=1S/C16H16FN3O2S/c17-14-4-2-1-3-11(14)9-23(21,22)20-12-5-6-16(20)13-8-18-10-19-15(13)7-12/h1-4,8,10,12,16H,5-7,9H2. The van der Waals surface area contributed by atoms with Crippen molar-refractivity contribution >= 4 is 10.0 Å². The summed E-state index contributed by atoms with van der Waals surface area (Å²) in [6, 6.07) is 5.72. The van der Waals surface area contributed by atoms with Crippen LogP contribution in [0.3, 0.4) is 0 Å². The normalized spacial score (nSPS) is 23.7. The number of benzene rings is 1. The molecule has 0 aliphatic carbocycles. The minimum atomic E-state index is -3.60. The van der Waals surface area contributed by atoms with Gasteiger partial charge in [-0.2, -0.15) is 4.31 Å². The van der Waals surface area contributed by atoms with E-state index in [1.54, 1.807) is 22.6 Å². The SMILES string of the molecule is O=S(=O)(Cc1ccccc1F)N1C2CCC1c1cncnc1C2. The summed E-state index contributed by atoms with van der Waals surface area (Å²) in [6.07, 6.45) is 5.38. The summed E-state index contributed by atoms with van der Waals surface area (Å²) < 4.78 is 41.2. The molecule has 0 N–H and O–H groups in total. The molecule has 3 heterocycles. The van der Waals surface area contributed by atoms with Gasteiger partial charge in [-0.05, 0) is 18.9 Å². The van der Waals surface area contributed by atoms with Crippen LogP contribution in [0.4, 0.5) is 4.39 Å². The van der Waals surface area contributed by atoms with E-state index in [1.807, 2.05) is 0 Å². The van der Waals surface area contributed by atoms with Gasteiger partial charge in [-0.1, -0.05) is 18.2 Å². The predicted octanol–water partition coefficient (Wildman–Crippen LogP) is 2.21.